The summed E-state index contributed by atoms with van der Waals surface area (Å²) in [5.74, 6) is 0.847. The quantitative estimate of drug-likeness (QED) is 0.398. The van der Waals surface area contributed by atoms with E-state index >= 15 is 0 Å². The third kappa shape index (κ3) is 3.48. The molecule has 154 valence electrons. The van der Waals surface area contributed by atoms with E-state index in [1.54, 1.807) is 0 Å². The summed E-state index contributed by atoms with van der Waals surface area (Å²) in [5, 5.41) is 14.6. The summed E-state index contributed by atoms with van der Waals surface area (Å²) >= 11 is 0. The summed E-state index contributed by atoms with van der Waals surface area (Å²) in [6.07, 6.45) is 0. The molecule has 0 fully saturated rings. The Kier molecular flexibility index (Phi) is 4.79. The molecule has 0 unspecified atom stereocenters. The number of hydrogen-bond acceptors (Lipinski definition) is 3. The first kappa shape index (κ1) is 19.1. The Balaban J connectivity index is 1.59. The van der Waals surface area contributed by atoms with Crippen LogP contribution in [0.15, 0.2) is 72.8 Å². The van der Waals surface area contributed by atoms with Gasteiger partial charge in [-0.15, -0.1) is 0 Å². The van der Waals surface area contributed by atoms with Crippen LogP contribution in [-0.4, -0.2) is 20.0 Å². The van der Waals surface area contributed by atoms with E-state index in [0.29, 0.717) is 6.61 Å². The second-order valence-electron chi connectivity index (χ2n) is 7.77. The molecule has 0 amide bonds. The van der Waals surface area contributed by atoms with Gasteiger partial charge in [-0.25, -0.2) is 0 Å². The lowest BCUT2D eigenvalue weighted by molar-refractivity contribution is 0.311. The maximum atomic E-state index is 6.39. The van der Waals surface area contributed by atoms with Crippen molar-refractivity contribution < 1.29 is 4.74 Å². The predicted molar refractivity (Wildman–Crippen MR) is 124 cm³/mol. The number of aryl methyl sites for hydroxylation is 2. The summed E-state index contributed by atoms with van der Waals surface area (Å²) in [4.78, 5) is 0. The van der Waals surface area contributed by atoms with Crippen molar-refractivity contribution in [3.63, 3.8) is 0 Å². The van der Waals surface area contributed by atoms with Gasteiger partial charge < -0.3 is 4.74 Å². The van der Waals surface area contributed by atoms with Crippen LogP contribution in [0.25, 0.3) is 33.3 Å². The molecule has 2 aromatic heterocycles. The minimum absolute atomic E-state index is 0.500. The van der Waals surface area contributed by atoms with Gasteiger partial charge in [0.25, 0.3) is 0 Å². The molecule has 31 heavy (non-hydrogen) atoms. The molecule has 0 aliphatic rings. The lowest BCUT2D eigenvalue weighted by Crippen LogP contribution is -1.98. The van der Waals surface area contributed by atoms with E-state index < -0.39 is 0 Å². The Morgan fingerprint density at radius 1 is 0.935 bits per heavy atom. The lowest BCUT2D eigenvalue weighted by atomic mass is 10.0. The summed E-state index contributed by atoms with van der Waals surface area (Å²) in [5.41, 5.74) is 7.09. The first-order chi connectivity index (χ1) is 15.1. The summed E-state index contributed by atoms with van der Waals surface area (Å²) in [6, 6.07) is 24.8. The van der Waals surface area contributed by atoms with Crippen LogP contribution in [0, 0.1) is 13.8 Å². The third-order valence-corrected chi connectivity index (χ3v) is 5.74. The highest BCUT2D eigenvalue weighted by Gasteiger charge is 2.18. The number of hydrogen-bond donors (Lipinski definition) is 1. The van der Waals surface area contributed by atoms with Crippen molar-refractivity contribution >= 4 is 10.8 Å². The van der Waals surface area contributed by atoms with Crippen molar-refractivity contribution in [3.05, 3.63) is 89.7 Å². The molecule has 5 aromatic rings. The third-order valence-electron chi connectivity index (χ3n) is 5.74. The van der Waals surface area contributed by atoms with E-state index in [2.05, 4.69) is 64.7 Å². The Hall–Kier alpha value is -3.86. The van der Waals surface area contributed by atoms with Crippen LogP contribution in [0.2, 0.25) is 0 Å². The Bertz CT molecular complexity index is 1370. The maximum Gasteiger partial charge on any atom is 0.137 e. The maximum absolute atomic E-state index is 6.39. The molecule has 0 aliphatic heterocycles. The highest BCUT2D eigenvalue weighted by molar-refractivity contribution is 5.95. The topological polar surface area (TPSA) is 55.7 Å². The molecule has 0 bridgehead atoms. The Labute approximate surface area is 181 Å². The fourth-order valence-electron chi connectivity index (χ4n) is 4.08. The Morgan fingerprint density at radius 3 is 2.48 bits per heavy atom. The standard InChI is InChI=1S/C26H24N4O/c1-17-25(18(2)30(3)29-17)24-15-23(27-28-24)22-14-13-20-11-7-8-12-21(20)26(22)31-16-19-9-5-4-6-10-19/h4-15H,16H2,1-3H3,(H,27,28). The number of ether oxygens (including phenoxy) is 1. The van der Waals surface area contributed by atoms with Crippen molar-refractivity contribution in [3.8, 4) is 28.3 Å². The molecule has 0 saturated heterocycles. The number of aromatic nitrogens is 4. The van der Waals surface area contributed by atoms with E-state index in [1.165, 1.54) is 0 Å². The molecule has 5 heteroatoms. The van der Waals surface area contributed by atoms with Crippen LogP contribution in [0.4, 0.5) is 0 Å². The van der Waals surface area contributed by atoms with Crippen molar-refractivity contribution in [2.45, 2.75) is 20.5 Å². The number of rotatable bonds is 5. The summed E-state index contributed by atoms with van der Waals surface area (Å²) < 4.78 is 8.29. The molecular formula is C26H24N4O. The van der Waals surface area contributed by atoms with E-state index in [4.69, 9.17) is 4.74 Å². The smallest absolute Gasteiger partial charge is 0.137 e. The average Bonchev–Trinajstić information content (AvgIpc) is 3.36. The van der Waals surface area contributed by atoms with Gasteiger partial charge >= 0.3 is 0 Å². The molecule has 0 atom stereocenters. The minimum Gasteiger partial charge on any atom is -0.488 e. The van der Waals surface area contributed by atoms with Gasteiger partial charge in [-0.3, -0.25) is 9.78 Å². The van der Waals surface area contributed by atoms with Crippen LogP contribution in [0.5, 0.6) is 5.75 Å². The van der Waals surface area contributed by atoms with Crippen LogP contribution in [-0.2, 0) is 13.7 Å². The zero-order chi connectivity index (χ0) is 21.4. The molecule has 3 aromatic carbocycles. The van der Waals surface area contributed by atoms with Gasteiger partial charge in [0.2, 0.25) is 0 Å². The Morgan fingerprint density at radius 2 is 1.71 bits per heavy atom. The van der Waals surface area contributed by atoms with Crippen LogP contribution in [0.3, 0.4) is 0 Å². The number of aromatic amines is 1. The number of nitrogens with one attached hydrogen (secondary N) is 1. The van der Waals surface area contributed by atoms with Gasteiger partial charge in [0, 0.05) is 29.3 Å². The second kappa shape index (κ2) is 7.76. The zero-order valence-electron chi connectivity index (χ0n) is 17.9. The first-order valence-corrected chi connectivity index (χ1v) is 10.4. The fourth-order valence-corrected chi connectivity index (χ4v) is 4.08. The van der Waals surface area contributed by atoms with Crippen molar-refractivity contribution in [1.29, 1.82) is 0 Å². The largest absolute Gasteiger partial charge is 0.488 e. The van der Waals surface area contributed by atoms with Crippen LogP contribution >= 0.6 is 0 Å². The predicted octanol–water partition coefficient (Wildman–Crippen LogP) is 5.83. The number of H-pyrrole nitrogens is 1. The monoisotopic (exact) mass is 408 g/mol. The summed E-state index contributed by atoms with van der Waals surface area (Å²) in [6.45, 7) is 4.59. The van der Waals surface area contributed by atoms with Crippen molar-refractivity contribution in [2.24, 2.45) is 7.05 Å². The summed E-state index contributed by atoms with van der Waals surface area (Å²) in [7, 11) is 1.96. The lowest BCUT2D eigenvalue weighted by Gasteiger charge is -2.13. The molecule has 0 radical (unpaired) electrons. The SMILES string of the molecule is Cc1nn(C)c(C)c1-c1cc(-c2ccc3ccccc3c2OCc2ccccc2)n[nH]1. The van der Waals surface area contributed by atoms with Gasteiger partial charge in [0.05, 0.1) is 17.1 Å². The van der Waals surface area contributed by atoms with Gasteiger partial charge in [-0.2, -0.15) is 10.2 Å². The zero-order valence-corrected chi connectivity index (χ0v) is 17.9. The van der Waals surface area contributed by atoms with Gasteiger partial charge in [-0.1, -0.05) is 60.7 Å². The molecule has 0 saturated carbocycles. The number of nitrogens with zero attached hydrogens (tertiary/aromatic N) is 3. The molecule has 0 spiro atoms. The molecule has 1 N–H and O–H groups in total. The van der Waals surface area contributed by atoms with Gasteiger partial charge in [0.1, 0.15) is 12.4 Å². The number of fused-ring (bicyclic) bond motifs is 1. The second-order valence-corrected chi connectivity index (χ2v) is 7.77. The minimum atomic E-state index is 0.500. The van der Waals surface area contributed by atoms with Gasteiger partial charge in [0.15, 0.2) is 0 Å². The molecule has 5 nitrogen and oxygen atoms in total. The first-order valence-electron chi connectivity index (χ1n) is 10.4. The molecule has 0 aliphatic carbocycles. The van der Waals surface area contributed by atoms with E-state index in [1.807, 2.05) is 49.0 Å². The molecular weight excluding hydrogens is 384 g/mol. The average molecular weight is 409 g/mol. The molecule has 2 heterocycles. The highest BCUT2D eigenvalue weighted by Crippen LogP contribution is 2.38. The highest BCUT2D eigenvalue weighted by atomic mass is 16.5. The van der Waals surface area contributed by atoms with Gasteiger partial charge in [-0.05, 0) is 36.9 Å². The van der Waals surface area contributed by atoms with Crippen molar-refractivity contribution in [2.75, 3.05) is 0 Å². The van der Waals surface area contributed by atoms with E-state index in [-0.39, 0.29) is 0 Å². The van der Waals surface area contributed by atoms with Crippen LogP contribution < -0.4 is 4.74 Å². The fraction of sp³-hybridized carbons (Fsp3) is 0.154. The normalized spacial score (nSPS) is 11.2. The molecule has 5 rings (SSSR count). The van der Waals surface area contributed by atoms with E-state index in [0.717, 1.165) is 56.0 Å². The van der Waals surface area contributed by atoms with E-state index in [9.17, 15) is 0 Å². The number of benzene rings is 3. The van der Waals surface area contributed by atoms with Crippen molar-refractivity contribution in [1.82, 2.24) is 20.0 Å². The van der Waals surface area contributed by atoms with Crippen LogP contribution in [0.1, 0.15) is 17.0 Å².